The van der Waals surface area contributed by atoms with Gasteiger partial charge in [0.15, 0.2) is 11.5 Å². The Balaban J connectivity index is 0.00000243. The Hall–Kier alpha value is -2.28. The number of hydrogen-bond donors (Lipinski definition) is 2. The molecule has 0 amide bonds. The van der Waals surface area contributed by atoms with Gasteiger partial charge in [0.2, 0.25) is 0 Å². The average Bonchev–Trinajstić information content (AvgIpc) is 2.62. The third-order valence-corrected chi connectivity index (χ3v) is 3.85. The zero-order valence-corrected chi connectivity index (χ0v) is 15.8. The molecule has 0 unspecified atom stereocenters. The molecule has 1 aromatic heterocycles. The van der Waals surface area contributed by atoms with E-state index in [0.29, 0.717) is 35.5 Å². The second kappa shape index (κ2) is 9.43. The minimum atomic E-state index is 0. The van der Waals surface area contributed by atoms with Crippen LogP contribution in [0, 0.1) is 0 Å². The van der Waals surface area contributed by atoms with Gasteiger partial charge in [0.05, 0.1) is 19.2 Å². The monoisotopic (exact) mass is 394 g/mol. The highest BCUT2D eigenvalue weighted by Gasteiger charge is 2.12. The van der Waals surface area contributed by atoms with Crippen molar-refractivity contribution in [3.8, 4) is 11.5 Å². The molecule has 1 heterocycles. The van der Waals surface area contributed by atoms with Gasteiger partial charge in [-0.3, -0.25) is 0 Å². The zero-order valence-electron chi connectivity index (χ0n) is 14.2. The van der Waals surface area contributed by atoms with E-state index in [9.17, 15) is 0 Å². The van der Waals surface area contributed by atoms with Gasteiger partial charge in [-0.1, -0.05) is 17.7 Å². The molecule has 3 N–H and O–H groups in total. The topological polar surface area (TPSA) is 82.3 Å². The number of fused-ring (bicyclic) bond motifs is 1. The molecule has 0 radical (unpaired) electrons. The van der Waals surface area contributed by atoms with Crippen LogP contribution in [0.5, 0.6) is 11.5 Å². The van der Waals surface area contributed by atoms with Crippen molar-refractivity contribution < 1.29 is 9.47 Å². The summed E-state index contributed by atoms with van der Waals surface area (Å²) >= 11 is 6.05. The number of anilines is 2. The average molecular weight is 395 g/mol. The highest BCUT2D eigenvalue weighted by molar-refractivity contribution is 6.30. The largest absolute Gasteiger partial charge is 0.493 e. The van der Waals surface area contributed by atoms with E-state index in [2.05, 4.69) is 15.3 Å². The number of aromatic nitrogens is 2. The summed E-state index contributed by atoms with van der Waals surface area (Å²) in [6.45, 7) is 1.09. The molecule has 0 spiro atoms. The van der Waals surface area contributed by atoms with Gasteiger partial charge in [-0.25, -0.2) is 9.97 Å². The minimum absolute atomic E-state index is 0. The molecule has 0 saturated carbocycles. The van der Waals surface area contributed by atoms with Crippen LogP contribution in [-0.4, -0.2) is 30.2 Å². The fourth-order valence-electron chi connectivity index (χ4n) is 2.40. The number of nitrogens with zero attached hydrogens (tertiary/aromatic N) is 2. The Morgan fingerprint density at radius 1 is 1.15 bits per heavy atom. The molecular weight excluding hydrogens is 375 g/mol. The number of nitrogens with two attached hydrogens (primary N) is 1. The Morgan fingerprint density at radius 2 is 2.00 bits per heavy atom. The lowest BCUT2D eigenvalue weighted by Crippen LogP contribution is -2.07. The molecule has 3 rings (SSSR count). The normalized spacial score (nSPS) is 10.3. The van der Waals surface area contributed by atoms with Crippen molar-refractivity contribution in [3.63, 3.8) is 0 Å². The van der Waals surface area contributed by atoms with Gasteiger partial charge in [0, 0.05) is 22.2 Å². The van der Waals surface area contributed by atoms with Crippen molar-refractivity contribution in [2.45, 2.75) is 6.42 Å². The minimum Gasteiger partial charge on any atom is -0.493 e. The lowest BCUT2D eigenvalue weighted by molar-refractivity contribution is 0.292. The lowest BCUT2D eigenvalue weighted by atomic mass is 10.2. The summed E-state index contributed by atoms with van der Waals surface area (Å²) in [4.78, 5) is 8.66. The zero-order chi connectivity index (χ0) is 17.6. The number of benzene rings is 2. The summed E-state index contributed by atoms with van der Waals surface area (Å²) < 4.78 is 11.2. The van der Waals surface area contributed by atoms with E-state index in [0.717, 1.165) is 23.0 Å². The van der Waals surface area contributed by atoms with E-state index >= 15 is 0 Å². The van der Waals surface area contributed by atoms with E-state index in [1.54, 1.807) is 7.11 Å². The van der Waals surface area contributed by atoms with Gasteiger partial charge in [-0.15, -0.1) is 12.4 Å². The Labute approximate surface area is 163 Å². The van der Waals surface area contributed by atoms with Crippen LogP contribution in [0.15, 0.2) is 42.7 Å². The second-order valence-electron chi connectivity index (χ2n) is 5.37. The van der Waals surface area contributed by atoms with Gasteiger partial charge in [0.25, 0.3) is 0 Å². The van der Waals surface area contributed by atoms with Crippen molar-refractivity contribution in [2.24, 2.45) is 5.73 Å². The first-order valence-corrected chi connectivity index (χ1v) is 8.27. The van der Waals surface area contributed by atoms with Crippen LogP contribution >= 0.6 is 24.0 Å². The number of halogens is 2. The van der Waals surface area contributed by atoms with Crippen molar-refractivity contribution in [1.29, 1.82) is 0 Å². The molecular formula is C18H20Cl2N4O2. The maximum absolute atomic E-state index is 6.05. The lowest BCUT2D eigenvalue weighted by Gasteiger charge is -2.13. The van der Waals surface area contributed by atoms with Crippen molar-refractivity contribution in [2.75, 3.05) is 25.6 Å². The molecule has 0 bridgehead atoms. The van der Waals surface area contributed by atoms with Gasteiger partial charge in [0.1, 0.15) is 12.1 Å². The quantitative estimate of drug-likeness (QED) is 0.584. The number of methoxy groups -OCH3 is 1. The van der Waals surface area contributed by atoms with Gasteiger partial charge in [-0.2, -0.15) is 0 Å². The summed E-state index contributed by atoms with van der Waals surface area (Å²) in [5.74, 6) is 1.92. The van der Waals surface area contributed by atoms with Crippen molar-refractivity contribution >= 4 is 46.4 Å². The maximum Gasteiger partial charge on any atom is 0.162 e. The highest BCUT2D eigenvalue weighted by atomic mass is 35.5. The van der Waals surface area contributed by atoms with Gasteiger partial charge in [-0.05, 0) is 37.2 Å². The number of rotatable bonds is 7. The maximum atomic E-state index is 6.05. The Morgan fingerprint density at radius 3 is 2.73 bits per heavy atom. The van der Waals surface area contributed by atoms with E-state index in [1.807, 2.05) is 36.4 Å². The predicted octanol–water partition coefficient (Wildman–Crippen LogP) is 4.18. The van der Waals surface area contributed by atoms with Crippen molar-refractivity contribution in [3.05, 3.63) is 47.7 Å². The Kier molecular flexibility index (Phi) is 7.26. The smallest absolute Gasteiger partial charge is 0.162 e. The number of hydrogen-bond acceptors (Lipinski definition) is 6. The number of ether oxygens (including phenoxy) is 2. The number of nitrogens with one attached hydrogen (secondary N) is 1. The third kappa shape index (κ3) is 4.66. The fourth-order valence-corrected chi connectivity index (χ4v) is 2.59. The van der Waals surface area contributed by atoms with E-state index in [1.165, 1.54) is 6.33 Å². The summed E-state index contributed by atoms with van der Waals surface area (Å²) in [7, 11) is 1.60. The molecule has 3 aromatic rings. The van der Waals surface area contributed by atoms with Gasteiger partial charge < -0.3 is 20.5 Å². The third-order valence-electron chi connectivity index (χ3n) is 3.61. The molecule has 2 aromatic carbocycles. The van der Waals surface area contributed by atoms with Crippen LogP contribution < -0.4 is 20.5 Å². The van der Waals surface area contributed by atoms with E-state index in [4.69, 9.17) is 26.8 Å². The molecule has 8 heteroatoms. The highest BCUT2D eigenvalue weighted by Crippen LogP contribution is 2.34. The molecule has 0 aliphatic heterocycles. The molecule has 6 nitrogen and oxygen atoms in total. The molecule has 138 valence electrons. The van der Waals surface area contributed by atoms with Crippen LogP contribution in [0.2, 0.25) is 5.02 Å². The first kappa shape index (κ1) is 20.0. The summed E-state index contributed by atoms with van der Waals surface area (Å²) in [6, 6.07) is 11.1. The van der Waals surface area contributed by atoms with Crippen LogP contribution in [0.25, 0.3) is 10.9 Å². The molecule has 0 atom stereocenters. The van der Waals surface area contributed by atoms with Crippen molar-refractivity contribution in [1.82, 2.24) is 9.97 Å². The summed E-state index contributed by atoms with van der Waals surface area (Å²) in [6.07, 6.45) is 2.27. The first-order valence-electron chi connectivity index (χ1n) is 7.89. The standard InChI is InChI=1S/C18H19ClN4O2.ClH/c1-24-16-10-15-14(9-17(16)25-7-3-6-20)18(22-11-21-15)23-13-5-2-4-12(19)8-13;/h2,4-5,8-11H,3,6-7,20H2,1H3,(H,21,22,23);1H. The Bertz CT molecular complexity index is 877. The predicted molar refractivity (Wildman–Crippen MR) is 107 cm³/mol. The van der Waals surface area contributed by atoms with Crippen LogP contribution in [-0.2, 0) is 0 Å². The van der Waals surface area contributed by atoms with Crippen LogP contribution in [0.3, 0.4) is 0 Å². The van der Waals surface area contributed by atoms with Crippen LogP contribution in [0.1, 0.15) is 6.42 Å². The second-order valence-corrected chi connectivity index (χ2v) is 5.80. The van der Waals surface area contributed by atoms with E-state index in [-0.39, 0.29) is 12.4 Å². The molecule has 0 aliphatic rings. The summed E-state index contributed by atoms with van der Waals surface area (Å²) in [5.41, 5.74) is 7.12. The van der Waals surface area contributed by atoms with E-state index < -0.39 is 0 Å². The van der Waals surface area contributed by atoms with Gasteiger partial charge >= 0.3 is 0 Å². The fraction of sp³-hybridized carbons (Fsp3) is 0.222. The SMILES string of the molecule is COc1cc2ncnc(Nc3cccc(Cl)c3)c2cc1OCCCN.Cl. The molecule has 26 heavy (non-hydrogen) atoms. The first-order chi connectivity index (χ1) is 12.2. The molecule has 0 saturated heterocycles. The molecule has 0 aliphatic carbocycles. The van der Waals surface area contributed by atoms with Crippen LogP contribution in [0.4, 0.5) is 11.5 Å². The summed E-state index contributed by atoms with van der Waals surface area (Å²) in [5, 5.41) is 4.74. The molecule has 0 fully saturated rings.